The number of anilines is 1. The molecule has 0 aliphatic heterocycles. The third-order valence-corrected chi connectivity index (χ3v) is 6.37. The maximum atomic E-state index is 12.2. The molecule has 0 bridgehead atoms. The summed E-state index contributed by atoms with van der Waals surface area (Å²) in [6, 6.07) is 19.1. The van der Waals surface area contributed by atoms with E-state index in [1.54, 1.807) is 18.3 Å². The van der Waals surface area contributed by atoms with E-state index in [9.17, 15) is 4.79 Å². The molecule has 4 rings (SSSR count). The van der Waals surface area contributed by atoms with Crippen LogP contribution >= 0.6 is 34.4 Å². The van der Waals surface area contributed by atoms with E-state index < -0.39 is 0 Å². The Hall–Kier alpha value is -2.55. The molecule has 0 saturated carbocycles. The monoisotopic (exact) mass is 396 g/mol. The van der Waals surface area contributed by atoms with Crippen LogP contribution in [-0.2, 0) is 0 Å². The quantitative estimate of drug-likeness (QED) is 0.510. The van der Waals surface area contributed by atoms with Crippen molar-refractivity contribution >= 4 is 45.3 Å². The third kappa shape index (κ3) is 3.98. The fourth-order valence-electron chi connectivity index (χ4n) is 2.16. The number of rotatable bonds is 5. The highest BCUT2D eigenvalue weighted by Crippen LogP contribution is 2.37. The Balaban J connectivity index is 1.43. The van der Waals surface area contributed by atoms with Gasteiger partial charge in [-0.15, -0.1) is 10.2 Å². The van der Waals surface area contributed by atoms with E-state index in [1.165, 1.54) is 34.4 Å². The van der Waals surface area contributed by atoms with Gasteiger partial charge in [-0.25, -0.2) is 4.98 Å². The number of hydrogen-bond donors (Lipinski definition) is 1. The van der Waals surface area contributed by atoms with Crippen LogP contribution < -0.4 is 5.32 Å². The summed E-state index contributed by atoms with van der Waals surface area (Å²) in [5.74, 6) is -0.145. The molecule has 0 fully saturated rings. The van der Waals surface area contributed by atoms with E-state index in [2.05, 4.69) is 20.5 Å². The molecule has 2 aromatic carbocycles. The van der Waals surface area contributed by atoms with Crippen LogP contribution in [-0.4, -0.2) is 21.1 Å². The molecule has 0 radical (unpaired) electrons. The van der Waals surface area contributed by atoms with Gasteiger partial charge in [0.15, 0.2) is 8.68 Å². The van der Waals surface area contributed by atoms with E-state index in [0.717, 1.165) is 19.3 Å². The van der Waals surface area contributed by atoms with Crippen LogP contribution in [0.25, 0.3) is 10.6 Å². The zero-order chi connectivity index (χ0) is 17.8. The number of nitrogens with zero attached hydrogens (tertiary/aromatic N) is 3. The lowest BCUT2D eigenvalue weighted by molar-refractivity contribution is 0.102. The highest BCUT2D eigenvalue weighted by atomic mass is 32.2. The molecular formula is C18H12N4OS3. The van der Waals surface area contributed by atoms with Gasteiger partial charge < -0.3 is 5.32 Å². The van der Waals surface area contributed by atoms with Crippen molar-refractivity contribution in [1.29, 1.82) is 0 Å². The van der Waals surface area contributed by atoms with Crippen molar-refractivity contribution in [2.24, 2.45) is 0 Å². The molecule has 2 heterocycles. The molecule has 4 aromatic rings. The van der Waals surface area contributed by atoms with Crippen LogP contribution in [0.1, 0.15) is 10.4 Å². The predicted octanol–water partition coefficient (Wildman–Crippen LogP) is 5.07. The Morgan fingerprint density at radius 2 is 1.62 bits per heavy atom. The summed E-state index contributed by atoms with van der Waals surface area (Å²) in [6.07, 6.45) is 1.66. The number of thiazole rings is 1. The van der Waals surface area contributed by atoms with Gasteiger partial charge in [-0.2, -0.15) is 0 Å². The molecule has 5 nitrogen and oxygen atoms in total. The van der Waals surface area contributed by atoms with Crippen LogP contribution in [0.3, 0.4) is 0 Å². The van der Waals surface area contributed by atoms with Crippen LogP contribution in [0.15, 0.2) is 75.5 Å². The summed E-state index contributed by atoms with van der Waals surface area (Å²) in [5, 5.41) is 12.9. The fourth-order valence-corrected chi connectivity index (χ4v) is 5.09. The maximum absolute atomic E-state index is 12.2. The first-order valence-electron chi connectivity index (χ1n) is 7.67. The van der Waals surface area contributed by atoms with Crippen LogP contribution in [0, 0.1) is 0 Å². The number of carbonyl (C=O) groups is 1. The molecule has 2 aromatic heterocycles. The minimum absolute atomic E-state index is 0.145. The second-order valence-corrected chi connectivity index (χ2v) is 8.65. The molecule has 8 heteroatoms. The summed E-state index contributed by atoms with van der Waals surface area (Å²) in [4.78, 5) is 16.5. The zero-order valence-electron chi connectivity index (χ0n) is 13.3. The topological polar surface area (TPSA) is 67.8 Å². The van der Waals surface area contributed by atoms with Crippen molar-refractivity contribution in [2.45, 2.75) is 8.68 Å². The van der Waals surface area contributed by atoms with Crippen molar-refractivity contribution in [2.75, 3.05) is 5.32 Å². The maximum Gasteiger partial charge on any atom is 0.256 e. The van der Waals surface area contributed by atoms with E-state index in [0.29, 0.717) is 10.6 Å². The Kier molecular flexibility index (Phi) is 5.05. The van der Waals surface area contributed by atoms with Crippen molar-refractivity contribution in [3.8, 4) is 10.6 Å². The number of aromatic nitrogens is 3. The second-order valence-electron chi connectivity index (χ2n) is 5.15. The van der Waals surface area contributed by atoms with Gasteiger partial charge in [0, 0.05) is 11.1 Å². The number of nitrogens with one attached hydrogen (secondary N) is 1. The molecule has 1 amide bonds. The average molecular weight is 397 g/mol. The molecule has 0 aliphatic rings. The summed E-state index contributed by atoms with van der Waals surface area (Å²) >= 11 is 4.38. The summed E-state index contributed by atoms with van der Waals surface area (Å²) < 4.78 is 1.63. The van der Waals surface area contributed by atoms with Gasteiger partial charge in [0.05, 0.1) is 6.20 Å². The largest absolute Gasteiger partial charge is 0.312 e. The lowest BCUT2D eigenvalue weighted by atomic mass is 10.2. The molecule has 0 spiro atoms. The highest BCUT2D eigenvalue weighted by molar-refractivity contribution is 8.02. The van der Waals surface area contributed by atoms with Gasteiger partial charge in [0.2, 0.25) is 0 Å². The molecule has 0 atom stereocenters. The molecule has 128 valence electrons. The van der Waals surface area contributed by atoms with E-state index >= 15 is 0 Å². The van der Waals surface area contributed by atoms with E-state index in [4.69, 9.17) is 0 Å². The Morgan fingerprint density at radius 3 is 2.38 bits per heavy atom. The van der Waals surface area contributed by atoms with Gasteiger partial charge in [-0.3, -0.25) is 4.79 Å². The molecule has 26 heavy (non-hydrogen) atoms. The van der Waals surface area contributed by atoms with Crippen molar-refractivity contribution in [1.82, 2.24) is 15.2 Å². The minimum atomic E-state index is -0.145. The molecule has 1 N–H and O–H groups in total. The molecule has 0 aliphatic carbocycles. The van der Waals surface area contributed by atoms with Crippen molar-refractivity contribution < 1.29 is 4.79 Å². The fraction of sp³-hybridized carbons (Fsp3) is 0. The summed E-state index contributed by atoms with van der Waals surface area (Å²) in [7, 11) is 0. The lowest BCUT2D eigenvalue weighted by Gasteiger charge is -2.00. The number of amides is 1. The van der Waals surface area contributed by atoms with Crippen LogP contribution in [0.2, 0.25) is 0 Å². The Labute approximate surface area is 162 Å². The van der Waals surface area contributed by atoms with Gasteiger partial charge in [-0.1, -0.05) is 71.2 Å². The van der Waals surface area contributed by atoms with E-state index in [1.807, 2.05) is 48.5 Å². The molecule has 0 unspecified atom stereocenters. The normalized spacial score (nSPS) is 10.6. The SMILES string of the molecule is O=C(Nc1cnc(Sc2nnc(-c3ccccc3)s2)s1)c1ccccc1. The Bertz CT molecular complexity index is 1020. The predicted molar refractivity (Wildman–Crippen MR) is 106 cm³/mol. The number of benzene rings is 2. The average Bonchev–Trinajstić information content (AvgIpc) is 3.33. The standard InChI is InChI=1S/C18H12N4OS3/c23-15(12-7-3-1-4-8-12)20-14-11-19-17(24-14)26-18-22-21-16(25-18)13-9-5-2-6-10-13/h1-11H,(H,20,23). The van der Waals surface area contributed by atoms with Gasteiger partial charge >= 0.3 is 0 Å². The summed E-state index contributed by atoms with van der Waals surface area (Å²) in [5.41, 5.74) is 1.67. The number of carbonyl (C=O) groups excluding carboxylic acids is 1. The highest BCUT2D eigenvalue weighted by Gasteiger charge is 2.12. The summed E-state index contributed by atoms with van der Waals surface area (Å²) in [6.45, 7) is 0. The van der Waals surface area contributed by atoms with Gasteiger partial charge in [0.1, 0.15) is 10.0 Å². The van der Waals surface area contributed by atoms with Gasteiger partial charge in [-0.05, 0) is 23.9 Å². The number of hydrogen-bond acceptors (Lipinski definition) is 7. The van der Waals surface area contributed by atoms with Crippen LogP contribution in [0.4, 0.5) is 5.00 Å². The van der Waals surface area contributed by atoms with Crippen LogP contribution in [0.5, 0.6) is 0 Å². The zero-order valence-corrected chi connectivity index (χ0v) is 15.8. The smallest absolute Gasteiger partial charge is 0.256 e. The van der Waals surface area contributed by atoms with Gasteiger partial charge in [0.25, 0.3) is 5.91 Å². The second kappa shape index (κ2) is 7.77. The first-order valence-corrected chi connectivity index (χ1v) is 10.1. The third-order valence-electron chi connectivity index (χ3n) is 3.36. The molecule has 0 saturated heterocycles. The molecular weight excluding hydrogens is 384 g/mol. The Morgan fingerprint density at radius 1 is 0.885 bits per heavy atom. The first kappa shape index (κ1) is 16.9. The minimum Gasteiger partial charge on any atom is -0.312 e. The lowest BCUT2D eigenvalue weighted by Crippen LogP contribution is -2.10. The van der Waals surface area contributed by atoms with Crippen molar-refractivity contribution in [3.05, 3.63) is 72.4 Å². The van der Waals surface area contributed by atoms with Crippen molar-refractivity contribution in [3.63, 3.8) is 0 Å². The van der Waals surface area contributed by atoms with E-state index in [-0.39, 0.29) is 5.91 Å². The first-order chi connectivity index (χ1) is 12.8.